The first kappa shape index (κ1) is 12.2. The molecule has 2 heteroatoms. The van der Waals surface area contributed by atoms with Gasteiger partial charge in [-0.15, -0.1) is 0 Å². The van der Waals surface area contributed by atoms with Gasteiger partial charge in [-0.1, -0.05) is 40.0 Å². The van der Waals surface area contributed by atoms with E-state index < -0.39 is 8.24 Å². The predicted molar refractivity (Wildman–Crippen MR) is 67.2 cm³/mol. The van der Waals surface area contributed by atoms with Gasteiger partial charge < -0.3 is 4.98 Å². The molecule has 0 bridgehead atoms. The smallest absolute Gasteiger partial charge is 0.125 e. The summed E-state index contributed by atoms with van der Waals surface area (Å²) in [6.07, 6.45) is 7.26. The van der Waals surface area contributed by atoms with Gasteiger partial charge in [0, 0.05) is 6.04 Å². The number of hydrogen-bond acceptors (Lipinski definition) is 1. The summed E-state index contributed by atoms with van der Waals surface area (Å²) in [6.45, 7) is 7.15. The van der Waals surface area contributed by atoms with Crippen molar-refractivity contribution in [3.05, 3.63) is 0 Å². The monoisotopic (exact) mass is 213 g/mol. The van der Waals surface area contributed by atoms with Crippen LogP contribution in [0.25, 0.3) is 0 Å². The first-order chi connectivity index (χ1) is 6.76. The van der Waals surface area contributed by atoms with Crippen molar-refractivity contribution in [1.29, 1.82) is 0 Å². The molecule has 0 heterocycles. The van der Waals surface area contributed by atoms with Crippen molar-refractivity contribution in [3.8, 4) is 0 Å². The normalized spacial score (nSPS) is 19.9. The fourth-order valence-electron chi connectivity index (χ4n) is 2.74. The van der Waals surface area contributed by atoms with Crippen LogP contribution >= 0.6 is 0 Å². The Bertz CT molecular complexity index is 140. The maximum atomic E-state index is 4.06. The molecule has 0 atom stereocenters. The molecule has 0 aromatic rings. The molecule has 1 fully saturated rings. The summed E-state index contributed by atoms with van der Waals surface area (Å²) in [5.74, 6) is 0. The van der Waals surface area contributed by atoms with E-state index in [0.29, 0.717) is 0 Å². The van der Waals surface area contributed by atoms with Gasteiger partial charge in [-0.2, -0.15) is 0 Å². The molecule has 0 radical (unpaired) electrons. The Balaban J connectivity index is 2.44. The average molecular weight is 213 g/mol. The van der Waals surface area contributed by atoms with Crippen LogP contribution in [0.15, 0.2) is 0 Å². The van der Waals surface area contributed by atoms with E-state index in [9.17, 15) is 0 Å². The molecular weight excluding hydrogens is 186 g/mol. The van der Waals surface area contributed by atoms with Crippen LogP contribution in [0.4, 0.5) is 0 Å². The lowest BCUT2D eigenvalue weighted by Gasteiger charge is -2.36. The molecule has 1 rings (SSSR count). The maximum absolute atomic E-state index is 4.06. The molecule has 0 aromatic carbocycles. The fourth-order valence-corrected chi connectivity index (χ4v) is 6.00. The third-order valence-corrected chi connectivity index (χ3v) is 9.23. The Kier molecular flexibility index (Phi) is 5.17. The first-order valence-corrected chi connectivity index (χ1v) is 9.16. The zero-order valence-electron chi connectivity index (χ0n) is 10.2. The summed E-state index contributed by atoms with van der Waals surface area (Å²) in [6, 6.07) is 5.11. The van der Waals surface area contributed by atoms with Gasteiger partial charge in [-0.25, -0.2) is 0 Å². The average Bonchev–Trinajstić information content (AvgIpc) is 2.28. The Labute approximate surface area is 90.8 Å². The van der Waals surface area contributed by atoms with Gasteiger partial charge in [0.1, 0.15) is 8.24 Å². The third kappa shape index (κ3) is 3.09. The lowest BCUT2D eigenvalue weighted by Crippen LogP contribution is -2.54. The molecule has 0 amide bonds. The molecule has 0 saturated heterocycles. The molecule has 1 aliphatic carbocycles. The molecule has 1 N–H and O–H groups in total. The van der Waals surface area contributed by atoms with Crippen molar-refractivity contribution >= 4 is 8.24 Å². The van der Waals surface area contributed by atoms with Gasteiger partial charge in [-0.05, 0) is 31.0 Å². The minimum atomic E-state index is -1.05. The molecule has 0 aliphatic heterocycles. The van der Waals surface area contributed by atoms with Crippen molar-refractivity contribution < 1.29 is 0 Å². The summed E-state index contributed by atoms with van der Waals surface area (Å²) in [5, 5.41) is 0. The predicted octanol–water partition coefficient (Wildman–Crippen LogP) is 3.91. The van der Waals surface area contributed by atoms with Crippen LogP contribution < -0.4 is 4.98 Å². The molecule has 0 spiro atoms. The van der Waals surface area contributed by atoms with Gasteiger partial charge in [0.2, 0.25) is 0 Å². The van der Waals surface area contributed by atoms with Gasteiger partial charge in [-0.3, -0.25) is 0 Å². The summed E-state index contributed by atoms with van der Waals surface area (Å²) in [7, 11) is -1.05. The van der Waals surface area contributed by atoms with Crippen molar-refractivity contribution in [2.24, 2.45) is 0 Å². The lowest BCUT2D eigenvalue weighted by molar-refractivity contribution is 0.412. The molecular formula is C12H27NSi. The van der Waals surface area contributed by atoms with Gasteiger partial charge in [0.25, 0.3) is 0 Å². The van der Waals surface area contributed by atoms with Crippen LogP contribution in [-0.4, -0.2) is 14.3 Å². The number of hydrogen-bond donors (Lipinski definition) is 1. The topological polar surface area (TPSA) is 12.0 Å². The highest BCUT2D eigenvalue weighted by Gasteiger charge is 2.29. The van der Waals surface area contributed by atoms with Gasteiger partial charge >= 0.3 is 0 Å². The molecule has 14 heavy (non-hydrogen) atoms. The van der Waals surface area contributed by atoms with Crippen LogP contribution in [0.3, 0.4) is 0 Å². The Hall–Kier alpha value is 0.177. The third-order valence-electron chi connectivity index (χ3n) is 4.15. The molecule has 84 valence electrons. The summed E-state index contributed by atoms with van der Waals surface area (Å²) < 4.78 is 0. The maximum Gasteiger partial charge on any atom is 0.125 e. The van der Waals surface area contributed by atoms with E-state index in [1.165, 1.54) is 50.2 Å². The minimum absolute atomic E-state index is 0.871. The van der Waals surface area contributed by atoms with Crippen LogP contribution in [0.2, 0.25) is 18.1 Å². The summed E-state index contributed by atoms with van der Waals surface area (Å²) in [4.78, 5) is 4.06. The summed E-state index contributed by atoms with van der Waals surface area (Å²) in [5.41, 5.74) is 0. The van der Waals surface area contributed by atoms with Crippen LogP contribution in [0.1, 0.15) is 52.9 Å². The Morgan fingerprint density at radius 1 is 0.929 bits per heavy atom. The largest absolute Gasteiger partial charge is 0.334 e. The van der Waals surface area contributed by atoms with Crippen molar-refractivity contribution in [2.45, 2.75) is 77.0 Å². The molecule has 1 aliphatic rings. The van der Waals surface area contributed by atoms with E-state index >= 15 is 0 Å². The highest BCUT2D eigenvalue weighted by atomic mass is 28.3. The van der Waals surface area contributed by atoms with E-state index in [1.807, 2.05) is 0 Å². The van der Waals surface area contributed by atoms with Gasteiger partial charge in [0.05, 0.1) is 0 Å². The second-order valence-electron chi connectivity index (χ2n) is 4.82. The van der Waals surface area contributed by atoms with Gasteiger partial charge in [0.15, 0.2) is 0 Å². The first-order valence-electron chi connectivity index (χ1n) is 6.54. The molecule has 0 aromatic heterocycles. The lowest BCUT2D eigenvalue weighted by atomic mass is 9.96. The van der Waals surface area contributed by atoms with E-state index in [0.717, 1.165) is 6.04 Å². The second kappa shape index (κ2) is 5.91. The van der Waals surface area contributed by atoms with Crippen molar-refractivity contribution in [3.63, 3.8) is 0 Å². The van der Waals surface area contributed by atoms with Crippen LogP contribution in [0, 0.1) is 0 Å². The highest BCUT2D eigenvalue weighted by molar-refractivity contribution is 6.77. The zero-order valence-corrected chi connectivity index (χ0v) is 11.2. The second-order valence-corrected chi connectivity index (χ2v) is 9.79. The Morgan fingerprint density at radius 2 is 1.43 bits per heavy atom. The quantitative estimate of drug-likeness (QED) is 0.683. The molecule has 1 nitrogen and oxygen atoms in total. The molecule has 1 saturated carbocycles. The van der Waals surface area contributed by atoms with E-state index in [4.69, 9.17) is 0 Å². The van der Waals surface area contributed by atoms with Crippen LogP contribution in [0.5, 0.6) is 0 Å². The summed E-state index contributed by atoms with van der Waals surface area (Å²) >= 11 is 0. The highest BCUT2D eigenvalue weighted by Crippen LogP contribution is 2.23. The van der Waals surface area contributed by atoms with E-state index in [-0.39, 0.29) is 0 Å². The van der Waals surface area contributed by atoms with Crippen molar-refractivity contribution in [1.82, 2.24) is 4.98 Å². The van der Waals surface area contributed by atoms with Crippen LogP contribution in [-0.2, 0) is 0 Å². The fraction of sp³-hybridized carbons (Fsp3) is 1.00. The standard InChI is InChI=1S/C12H27NSi/c1-4-14(5-2,6-3)13-12-10-8-7-9-11-12/h12-13H,4-11H2,1-3H3. The van der Waals surface area contributed by atoms with Crippen molar-refractivity contribution in [2.75, 3.05) is 0 Å². The number of rotatable bonds is 5. The molecule has 0 unspecified atom stereocenters. The zero-order chi connectivity index (χ0) is 10.4. The minimum Gasteiger partial charge on any atom is -0.334 e. The SMILES string of the molecule is CC[Si](CC)(CC)NC1CCCCC1. The van der Waals surface area contributed by atoms with E-state index in [1.54, 1.807) is 0 Å². The number of nitrogens with one attached hydrogen (secondary N) is 1. The van der Waals surface area contributed by atoms with E-state index in [2.05, 4.69) is 25.8 Å². The Morgan fingerprint density at radius 3 is 1.86 bits per heavy atom.